The van der Waals surface area contributed by atoms with Crippen LogP contribution >= 0.6 is 0 Å². The monoisotopic (exact) mass is 288 g/mol. The first kappa shape index (κ1) is 14.3. The Kier molecular flexibility index (Phi) is 3.75. The number of nitrogens with two attached hydrogens (primary N) is 3. The van der Waals surface area contributed by atoms with Crippen molar-refractivity contribution < 1.29 is 14.0 Å². The lowest BCUT2D eigenvalue weighted by molar-refractivity contribution is 0.0996. The van der Waals surface area contributed by atoms with E-state index in [2.05, 4.69) is 5.32 Å². The van der Waals surface area contributed by atoms with E-state index >= 15 is 0 Å². The SMILES string of the molecule is NC(=O)c1cc(F)c(N)c(NC(=O)c2ccccc2)c1N. The third-order valence-electron chi connectivity index (χ3n) is 2.90. The first-order valence-corrected chi connectivity index (χ1v) is 5.95. The van der Waals surface area contributed by atoms with Crippen LogP contribution in [-0.4, -0.2) is 11.8 Å². The van der Waals surface area contributed by atoms with Gasteiger partial charge in [-0.05, 0) is 18.2 Å². The van der Waals surface area contributed by atoms with Crippen molar-refractivity contribution >= 4 is 28.9 Å². The van der Waals surface area contributed by atoms with E-state index in [0.29, 0.717) is 5.56 Å². The number of hydrogen-bond donors (Lipinski definition) is 4. The van der Waals surface area contributed by atoms with Gasteiger partial charge in [-0.15, -0.1) is 0 Å². The van der Waals surface area contributed by atoms with Gasteiger partial charge in [0, 0.05) is 5.56 Å². The van der Waals surface area contributed by atoms with Crippen LogP contribution in [0.25, 0.3) is 0 Å². The van der Waals surface area contributed by atoms with Gasteiger partial charge < -0.3 is 22.5 Å². The molecule has 0 radical (unpaired) electrons. The summed E-state index contributed by atoms with van der Waals surface area (Å²) in [5, 5.41) is 2.39. The highest BCUT2D eigenvalue weighted by Gasteiger charge is 2.19. The number of benzene rings is 2. The summed E-state index contributed by atoms with van der Waals surface area (Å²) < 4.78 is 13.7. The molecule has 0 fully saturated rings. The molecule has 0 aromatic heterocycles. The molecule has 0 heterocycles. The third-order valence-corrected chi connectivity index (χ3v) is 2.90. The maximum absolute atomic E-state index is 13.7. The molecule has 0 saturated heterocycles. The van der Waals surface area contributed by atoms with Crippen LogP contribution in [-0.2, 0) is 0 Å². The molecule has 0 atom stereocenters. The molecule has 0 aliphatic carbocycles. The lowest BCUT2D eigenvalue weighted by atomic mass is 10.1. The largest absolute Gasteiger partial charge is 0.396 e. The zero-order valence-corrected chi connectivity index (χ0v) is 10.9. The Morgan fingerprint density at radius 3 is 2.24 bits per heavy atom. The Bertz CT molecular complexity index is 717. The van der Waals surface area contributed by atoms with Gasteiger partial charge in [0.2, 0.25) is 0 Å². The van der Waals surface area contributed by atoms with Crippen molar-refractivity contribution in [1.29, 1.82) is 0 Å². The van der Waals surface area contributed by atoms with Crippen LogP contribution in [0.15, 0.2) is 36.4 Å². The van der Waals surface area contributed by atoms with Gasteiger partial charge in [0.25, 0.3) is 11.8 Å². The summed E-state index contributed by atoms with van der Waals surface area (Å²) in [6, 6.07) is 9.05. The summed E-state index contributed by atoms with van der Waals surface area (Å²) in [4.78, 5) is 23.3. The molecular formula is C14H13FN4O2. The molecule has 2 aromatic rings. The molecule has 6 nitrogen and oxygen atoms in total. The van der Waals surface area contributed by atoms with Gasteiger partial charge in [-0.25, -0.2) is 4.39 Å². The predicted molar refractivity (Wildman–Crippen MR) is 78.1 cm³/mol. The lowest BCUT2D eigenvalue weighted by Crippen LogP contribution is -2.19. The predicted octanol–water partition coefficient (Wildman–Crippen LogP) is 1.34. The van der Waals surface area contributed by atoms with Crippen LogP contribution in [0.4, 0.5) is 21.5 Å². The van der Waals surface area contributed by atoms with E-state index in [-0.39, 0.29) is 22.6 Å². The number of nitrogens with one attached hydrogen (secondary N) is 1. The molecule has 2 rings (SSSR count). The quantitative estimate of drug-likeness (QED) is 0.636. The van der Waals surface area contributed by atoms with Crippen molar-refractivity contribution in [3.8, 4) is 0 Å². The molecule has 7 heteroatoms. The second kappa shape index (κ2) is 5.49. The number of primary amides is 1. The third kappa shape index (κ3) is 2.76. The molecule has 0 aliphatic heterocycles. The fraction of sp³-hybridized carbons (Fsp3) is 0. The van der Waals surface area contributed by atoms with Crippen LogP contribution in [0.1, 0.15) is 20.7 Å². The summed E-state index contributed by atoms with van der Waals surface area (Å²) in [6.07, 6.45) is 0. The van der Waals surface area contributed by atoms with E-state index in [0.717, 1.165) is 6.07 Å². The van der Waals surface area contributed by atoms with Crippen LogP contribution in [0, 0.1) is 5.82 Å². The average Bonchev–Trinajstić information content (AvgIpc) is 2.47. The van der Waals surface area contributed by atoms with Crippen molar-refractivity contribution in [3.05, 3.63) is 53.3 Å². The number of halogens is 1. The average molecular weight is 288 g/mol. The van der Waals surface area contributed by atoms with Gasteiger partial charge >= 0.3 is 0 Å². The van der Waals surface area contributed by atoms with Gasteiger partial charge in [0.1, 0.15) is 5.82 Å². The second-order valence-corrected chi connectivity index (χ2v) is 4.29. The molecule has 0 spiro atoms. The zero-order valence-electron chi connectivity index (χ0n) is 10.9. The molecule has 21 heavy (non-hydrogen) atoms. The first-order valence-electron chi connectivity index (χ1n) is 5.95. The number of rotatable bonds is 3. The maximum atomic E-state index is 13.7. The highest BCUT2D eigenvalue weighted by Crippen LogP contribution is 2.32. The molecular weight excluding hydrogens is 275 g/mol. The van der Waals surface area contributed by atoms with E-state index in [1.165, 1.54) is 0 Å². The Hall–Kier alpha value is -3.09. The summed E-state index contributed by atoms with van der Waals surface area (Å²) in [5.41, 5.74) is 15.8. The summed E-state index contributed by atoms with van der Waals surface area (Å²) in [7, 11) is 0. The lowest BCUT2D eigenvalue weighted by Gasteiger charge is -2.14. The van der Waals surface area contributed by atoms with Crippen molar-refractivity contribution in [2.24, 2.45) is 5.73 Å². The molecule has 7 N–H and O–H groups in total. The van der Waals surface area contributed by atoms with E-state index < -0.39 is 17.6 Å². The smallest absolute Gasteiger partial charge is 0.255 e. The molecule has 2 amide bonds. The molecule has 2 aromatic carbocycles. The molecule has 0 aliphatic rings. The Morgan fingerprint density at radius 2 is 1.67 bits per heavy atom. The maximum Gasteiger partial charge on any atom is 0.255 e. The minimum absolute atomic E-state index is 0.169. The summed E-state index contributed by atoms with van der Waals surface area (Å²) >= 11 is 0. The number of amides is 2. The van der Waals surface area contributed by atoms with Crippen LogP contribution < -0.4 is 22.5 Å². The van der Waals surface area contributed by atoms with Crippen molar-refractivity contribution in [3.63, 3.8) is 0 Å². The molecule has 0 unspecified atom stereocenters. The molecule has 0 bridgehead atoms. The van der Waals surface area contributed by atoms with Gasteiger partial charge in [-0.2, -0.15) is 0 Å². The highest BCUT2D eigenvalue weighted by molar-refractivity contribution is 6.11. The van der Waals surface area contributed by atoms with E-state index in [4.69, 9.17) is 17.2 Å². The minimum Gasteiger partial charge on any atom is -0.396 e. The standard InChI is InChI=1S/C14H13FN4O2/c15-9-6-8(13(18)20)10(16)12(11(9)17)19-14(21)7-4-2-1-3-5-7/h1-6H,16-17H2,(H2,18,20)(H,19,21). The van der Waals surface area contributed by atoms with Crippen LogP contribution in [0.3, 0.4) is 0 Å². The van der Waals surface area contributed by atoms with Crippen molar-refractivity contribution in [2.45, 2.75) is 0 Å². The number of hydrogen-bond acceptors (Lipinski definition) is 4. The fourth-order valence-corrected chi connectivity index (χ4v) is 1.80. The summed E-state index contributed by atoms with van der Waals surface area (Å²) in [5.74, 6) is -2.34. The Morgan fingerprint density at radius 1 is 1.05 bits per heavy atom. The van der Waals surface area contributed by atoms with Gasteiger partial charge in [0.15, 0.2) is 0 Å². The zero-order chi connectivity index (χ0) is 15.6. The van der Waals surface area contributed by atoms with E-state index in [1.807, 2.05) is 0 Å². The van der Waals surface area contributed by atoms with Crippen molar-refractivity contribution in [1.82, 2.24) is 0 Å². The first-order chi connectivity index (χ1) is 9.91. The summed E-state index contributed by atoms with van der Waals surface area (Å²) in [6.45, 7) is 0. The Labute approximate surface area is 119 Å². The molecule has 0 saturated carbocycles. The minimum atomic E-state index is -0.915. The highest BCUT2D eigenvalue weighted by atomic mass is 19.1. The normalized spacial score (nSPS) is 10.1. The van der Waals surface area contributed by atoms with Crippen molar-refractivity contribution in [2.75, 3.05) is 16.8 Å². The van der Waals surface area contributed by atoms with Crippen LogP contribution in [0.2, 0.25) is 0 Å². The van der Waals surface area contributed by atoms with Gasteiger partial charge in [-0.1, -0.05) is 18.2 Å². The number of carbonyl (C=O) groups is 2. The van der Waals surface area contributed by atoms with E-state index in [9.17, 15) is 14.0 Å². The number of carbonyl (C=O) groups excluding carboxylic acids is 2. The Balaban J connectivity index is 2.45. The van der Waals surface area contributed by atoms with Gasteiger partial charge in [0.05, 0.1) is 22.6 Å². The second-order valence-electron chi connectivity index (χ2n) is 4.29. The fourth-order valence-electron chi connectivity index (χ4n) is 1.80. The number of nitrogen functional groups attached to an aromatic ring is 2. The van der Waals surface area contributed by atoms with Gasteiger partial charge in [-0.3, -0.25) is 9.59 Å². The van der Waals surface area contributed by atoms with Crippen LogP contribution in [0.5, 0.6) is 0 Å². The molecule has 108 valence electrons. The number of anilines is 3. The topological polar surface area (TPSA) is 124 Å². The van der Waals surface area contributed by atoms with E-state index in [1.54, 1.807) is 30.3 Å².